The van der Waals surface area contributed by atoms with Gasteiger partial charge in [0.2, 0.25) is 0 Å². The van der Waals surface area contributed by atoms with Crippen molar-refractivity contribution >= 4 is 33.2 Å². The summed E-state index contributed by atoms with van der Waals surface area (Å²) in [6.45, 7) is 4.48. The van der Waals surface area contributed by atoms with Crippen molar-refractivity contribution in [2.45, 2.75) is 25.8 Å². The van der Waals surface area contributed by atoms with E-state index in [2.05, 4.69) is 27.3 Å². The van der Waals surface area contributed by atoms with E-state index >= 15 is 0 Å². The van der Waals surface area contributed by atoms with Crippen molar-refractivity contribution in [1.29, 1.82) is 5.26 Å². The molecule has 0 amide bonds. The zero-order valence-corrected chi connectivity index (χ0v) is 14.3. The molecular formula is C17H16BrClN2. The lowest BCUT2D eigenvalue weighted by Gasteiger charge is -2.16. The summed E-state index contributed by atoms with van der Waals surface area (Å²) in [6.07, 6.45) is 0. The van der Waals surface area contributed by atoms with Crippen LogP contribution in [0.4, 0.5) is 5.69 Å². The van der Waals surface area contributed by atoms with E-state index in [-0.39, 0.29) is 0 Å². The third-order valence-corrected chi connectivity index (χ3v) is 4.24. The summed E-state index contributed by atoms with van der Waals surface area (Å²) < 4.78 is 1.01. The molecule has 2 aromatic rings. The summed E-state index contributed by atoms with van der Waals surface area (Å²) in [5.41, 5.74) is 2.58. The molecule has 0 saturated heterocycles. The van der Waals surface area contributed by atoms with Gasteiger partial charge in [0.05, 0.1) is 11.5 Å². The van der Waals surface area contributed by atoms with Gasteiger partial charge in [0.15, 0.2) is 0 Å². The van der Waals surface area contributed by atoms with Crippen molar-refractivity contribution in [3.05, 3.63) is 63.1 Å². The number of hydrogen-bond donors (Lipinski definition) is 1. The normalized spacial score (nSPS) is 11.0. The van der Waals surface area contributed by atoms with Crippen molar-refractivity contribution in [2.75, 3.05) is 5.32 Å². The van der Waals surface area contributed by atoms with Crippen LogP contribution in [0.15, 0.2) is 46.9 Å². The molecule has 4 heteroatoms. The van der Waals surface area contributed by atoms with E-state index in [0.29, 0.717) is 6.54 Å². The van der Waals surface area contributed by atoms with Gasteiger partial charge in [-0.2, -0.15) is 5.26 Å². The van der Waals surface area contributed by atoms with Gasteiger partial charge in [0, 0.05) is 21.7 Å². The number of benzene rings is 2. The Morgan fingerprint density at radius 3 is 2.48 bits per heavy atom. The predicted molar refractivity (Wildman–Crippen MR) is 91.6 cm³/mol. The summed E-state index contributed by atoms with van der Waals surface area (Å²) in [7, 11) is 0. The second kappa shape index (κ2) is 6.51. The van der Waals surface area contributed by atoms with Crippen LogP contribution in [0.2, 0.25) is 5.02 Å². The molecule has 0 bridgehead atoms. The largest absolute Gasteiger partial charge is 0.381 e. The first-order valence-electron chi connectivity index (χ1n) is 6.62. The molecule has 0 fully saturated rings. The van der Waals surface area contributed by atoms with Crippen LogP contribution < -0.4 is 5.32 Å². The number of nitrogens with one attached hydrogen (secondary N) is 1. The van der Waals surface area contributed by atoms with E-state index in [0.717, 1.165) is 26.3 Å². The molecule has 0 saturated carbocycles. The zero-order valence-electron chi connectivity index (χ0n) is 12.0. The molecule has 0 radical (unpaired) electrons. The first-order valence-corrected chi connectivity index (χ1v) is 7.79. The van der Waals surface area contributed by atoms with Crippen LogP contribution in [0.5, 0.6) is 0 Å². The molecule has 0 aromatic heterocycles. The van der Waals surface area contributed by atoms with E-state index in [4.69, 9.17) is 16.9 Å². The van der Waals surface area contributed by atoms with Gasteiger partial charge in [0.25, 0.3) is 0 Å². The van der Waals surface area contributed by atoms with E-state index in [1.54, 1.807) is 0 Å². The lowest BCUT2D eigenvalue weighted by atomic mass is 9.86. The molecule has 0 aliphatic carbocycles. The number of anilines is 1. The van der Waals surface area contributed by atoms with Crippen molar-refractivity contribution in [2.24, 2.45) is 0 Å². The molecule has 0 aliphatic heterocycles. The first-order chi connectivity index (χ1) is 9.92. The molecular weight excluding hydrogens is 348 g/mol. The molecule has 1 N–H and O–H groups in total. The fraction of sp³-hybridized carbons (Fsp3) is 0.235. The number of nitrogens with zero attached hydrogens (tertiary/aromatic N) is 1. The fourth-order valence-corrected chi connectivity index (χ4v) is 2.54. The lowest BCUT2D eigenvalue weighted by Crippen LogP contribution is -2.13. The lowest BCUT2D eigenvalue weighted by molar-refractivity contribution is 0.687. The van der Waals surface area contributed by atoms with Crippen molar-refractivity contribution in [3.8, 4) is 6.07 Å². The number of nitriles is 1. The van der Waals surface area contributed by atoms with E-state index in [9.17, 15) is 0 Å². The topological polar surface area (TPSA) is 35.8 Å². The van der Waals surface area contributed by atoms with Crippen molar-refractivity contribution < 1.29 is 0 Å². The van der Waals surface area contributed by atoms with Gasteiger partial charge in [-0.25, -0.2) is 0 Å². The van der Waals surface area contributed by atoms with Crippen LogP contribution in [-0.2, 0) is 12.0 Å². The number of hydrogen-bond acceptors (Lipinski definition) is 2. The van der Waals surface area contributed by atoms with E-state index < -0.39 is 5.41 Å². The Balaban J connectivity index is 2.08. The smallest absolute Gasteiger partial charge is 0.0766 e. The average molecular weight is 364 g/mol. The Kier molecular flexibility index (Phi) is 4.92. The van der Waals surface area contributed by atoms with Gasteiger partial charge in [-0.3, -0.25) is 0 Å². The Morgan fingerprint density at radius 2 is 1.86 bits per heavy atom. The summed E-state index contributed by atoms with van der Waals surface area (Å²) >= 11 is 9.61. The molecule has 0 atom stereocenters. The monoisotopic (exact) mass is 362 g/mol. The first kappa shape index (κ1) is 15.9. The van der Waals surface area contributed by atoms with Gasteiger partial charge in [-0.05, 0) is 55.3 Å². The highest BCUT2D eigenvalue weighted by atomic mass is 79.9. The minimum Gasteiger partial charge on any atom is -0.381 e. The Morgan fingerprint density at radius 1 is 1.19 bits per heavy atom. The maximum absolute atomic E-state index is 9.14. The predicted octanol–water partition coefficient (Wildman–Crippen LogP) is 5.52. The molecule has 0 unspecified atom stereocenters. The Bertz CT molecular complexity index is 672. The summed E-state index contributed by atoms with van der Waals surface area (Å²) in [5, 5.41) is 13.2. The molecule has 108 valence electrons. The second-order valence-corrected chi connectivity index (χ2v) is 6.73. The highest BCUT2D eigenvalue weighted by Crippen LogP contribution is 2.25. The molecule has 2 aromatic carbocycles. The van der Waals surface area contributed by atoms with Crippen LogP contribution in [0.25, 0.3) is 0 Å². The van der Waals surface area contributed by atoms with E-state index in [1.807, 2.05) is 56.3 Å². The Hall–Kier alpha value is -1.50. The summed E-state index contributed by atoms with van der Waals surface area (Å²) in [4.78, 5) is 0. The van der Waals surface area contributed by atoms with Gasteiger partial charge in [-0.1, -0.05) is 39.7 Å². The van der Waals surface area contributed by atoms with E-state index in [1.165, 1.54) is 0 Å². The molecule has 2 rings (SSSR count). The standard InChI is InChI=1S/C17H16BrClN2/c1-17(2,11-20)13-3-6-15(7-4-13)21-10-12-9-14(18)5-8-16(12)19/h3-9,21H,10H2,1-2H3. The van der Waals surface area contributed by atoms with Crippen LogP contribution in [0, 0.1) is 11.3 Å². The minimum absolute atomic E-state index is 0.466. The molecule has 21 heavy (non-hydrogen) atoms. The summed E-state index contributed by atoms with van der Waals surface area (Å²) in [5.74, 6) is 0. The van der Waals surface area contributed by atoms with Crippen LogP contribution in [0.3, 0.4) is 0 Å². The molecule has 2 nitrogen and oxygen atoms in total. The minimum atomic E-state index is -0.466. The average Bonchev–Trinajstić information content (AvgIpc) is 2.48. The molecule has 0 aliphatic rings. The van der Waals surface area contributed by atoms with Gasteiger partial charge < -0.3 is 5.32 Å². The highest BCUT2D eigenvalue weighted by molar-refractivity contribution is 9.10. The second-order valence-electron chi connectivity index (χ2n) is 5.40. The molecule has 0 heterocycles. The quantitative estimate of drug-likeness (QED) is 0.776. The SMILES string of the molecule is CC(C)(C#N)c1ccc(NCc2cc(Br)ccc2Cl)cc1. The van der Waals surface area contributed by atoms with Gasteiger partial charge >= 0.3 is 0 Å². The third-order valence-electron chi connectivity index (χ3n) is 3.38. The molecule has 0 spiro atoms. The third kappa shape index (κ3) is 4.00. The van der Waals surface area contributed by atoms with Gasteiger partial charge in [0.1, 0.15) is 0 Å². The van der Waals surface area contributed by atoms with Crippen LogP contribution >= 0.6 is 27.5 Å². The highest BCUT2D eigenvalue weighted by Gasteiger charge is 2.18. The van der Waals surface area contributed by atoms with Crippen LogP contribution in [-0.4, -0.2) is 0 Å². The Labute approximate surface area is 138 Å². The maximum Gasteiger partial charge on any atom is 0.0766 e. The number of rotatable bonds is 4. The fourth-order valence-electron chi connectivity index (χ4n) is 1.95. The number of halogens is 2. The summed E-state index contributed by atoms with van der Waals surface area (Å²) in [6, 6.07) is 16.0. The maximum atomic E-state index is 9.14. The van der Waals surface area contributed by atoms with Gasteiger partial charge in [-0.15, -0.1) is 0 Å². The van der Waals surface area contributed by atoms with Crippen molar-refractivity contribution in [1.82, 2.24) is 0 Å². The van der Waals surface area contributed by atoms with Crippen molar-refractivity contribution in [3.63, 3.8) is 0 Å². The van der Waals surface area contributed by atoms with Crippen LogP contribution in [0.1, 0.15) is 25.0 Å². The zero-order chi connectivity index (χ0) is 15.5.